The molecule has 2 aromatic heterocycles. The van der Waals surface area contributed by atoms with E-state index in [2.05, 4.69) is 87.0 Å². The molecule has 3 aromatic carbocycles. The molecule has 7 nitrogen and oxygen atoms in total. The van der Waals surface area contributed by atoms with Crippen LogP contribution in [0.25, 0.3) is 33.5 Å². The monoisotopic (exact) mass is 605 g/mol. The zero-order chi connectivity index (χ0) is 32.2. The van der Waals surface area contributed by atoms with Crippen molar-refractivity contribution in [2.75, 3.05) is 20.6 Å². The molecule has 7 heteroatoms. The van der Waals surface area contributed by atoms with E-state index in [0.717, 1.165) is 89.3 Å². The van der Waals surface area contributed by atoms with E-state index in [1.54, 1.807) is 12.1 Å². The summed E-state index contributed by atoms with van der Waals surface area (Å²) < 4.78 is 4.78. The molecule has 0 amide bonds. The van der Waals surface area contributed by atoms with E-state index in [1.165, 1.54) is 11.4 Å². The predicted octanol–water partition coefficient (Wildman–Crippen LogP) is 8.03. The fourth-order valence-electron chi connectivity index (χ4n) is 6.26. The molecule has 0 aliphatic carbocycles. The Kier molecular flexibility index (Phi) is 9.88. The quantitative estimate of drug-likeness (QED) is 0.147. The average molecular weight is 606 g/mol. The lowest BCUT2D eigenvalue weighted by molar-refractivity contribution is 0.0697. The van der Waals surface area contributed by atoms with Crippen molar-refractivity contribution in [3.8, 4) is 22.5 Å². The topological polar surface area (TPSA) is 76.2 Å². The molecule has 0 radical (unpaired) electrons. The molecular weight excluding hydrogens is 558 g/mol. The van der Waals surface area contributed by atoms with Gasteiger partial charge in [-0.1, -0.05) is 63.2 Å². The SMILES string of the molecule is CCCc1nc2c(C)cc(-c3nc(CC(C)C)c(C)n3CCCN(C)C)cc2n1Cc1ccc(-c2ccccc2C(=O)O)cc1. The first-order valence-corrected chi connectivity index (χ1v) is 16.2. The molecular formula is C38H47N5O2. The number of rotatable bonds is 13. The second kappa shape index (κ2) is 13.8. The Morgan fingerprint density at radius 2 is 1.69 bits per heavy atom. The maximum Gasteiger partial charge on any atom is 0.336 e. The van der Waals surface area contributed by atoms with Crippen molar-refractivity contribution in [2.45, 2.75) is 73.4 Å². The summed E-state index contributed by atoms with van der Waals surface area (Å²) in [6.07, 6.45) is 3.93. The van der Waals surface area contributed by atoms with Crippen molar-refractivity contribution in [3.63, 3.8) is 0 Å². The molecule has 0 unspecified atom stereocenters. The van der Waals surface area contributed by atoms with Crippen molar-refractivity contribution in [1.82, 2.24) is 24.0 Å². The minimum atomic E-state index is -0.917. The van der Waals surface area contributed by atoms with Crippen LogP contribution in [0.4, 0.5) is 0 Å². The van der Waals surface area contributed by atoms with Gasteiger partial charge in [-0.05, 0) is 100 Å². The number of imidazole rings is 2. The van der Waals surface area contributed by atoms with Gasteiger partial charge in [-0.15, -0.1) is 0 Å². The number of fused-ring (bicyclic) bond motifs is 1. The zero-order valence-electron chi connectivity index (χ0n) is 27.9. The van der Waals surface area contributed by atoms with E-state index in [9.17, 15) is 9.90 Å². The summed E-state index contributed by atoms with van der Waals surface area (Å²) in [7, 11) is 4.25. The van der Waals surface area contributed by atoms with Crippen LogP contribution in [0.2, 0.25) is 0 Å². The average Bonchev–Trinajstić information content (AvgIpc) is 3.50. The molecule has 0 aliphatic heterocycles. The minimum absolute atomic E-state index is 0.311. The van der Waals surface area contributed by atoms with Crippen LogP contribution in [0.15, 0.2) is 60.7 Å². The summed E-state index contributed by atoms with van der Waals surface area (Å²) >= 11 is 0. The van der Waals surface area contributed by atoms with Gasteiger partial charge in [0.1, 0.15) is 11.6 Å². The van der Waals surface area contributed by atoms with Crippen molar-refractivity contribution >= 4 is 17.0 Å². The van der Waals surface area contributed by atoms with Crippen LogP contribution in [0, 0.1) is 19.8 Å². The number of benzene rings is 3. The summed E-state index contributed by atoms with van der Waals surface area (Å²) in [6, 6.07) is 20.0. The lowest BCUT2D eigenvalue weighted by atomic mass is 9.98. The highest BCUT2D eigenvalue weighted by Gasteiger charge is 2.20. The molecule has 0 saturated carbocycles. The van der Waals surface area contributed by atoms with Gasteiger partial charge in [0.05, 0.1) is 22.3 Å². The fourth-order valence-corrected chi connectivity index (χ4v) is 6.26. The number of aromatic carboxylic acids is 1. The van der Waals surface area contributed by atoms with Crippen molar-refractivity contribution < 1.29 is 9.90 Å². The van der Waals surface area contributed by atoms with Crippen LogP contribution < -0.4 is 0 Å². The largest absolute Gasteiger partial charge is 0.478 e. The van der Waals surface area contributed by atoms with Crippen molar-refractivity contribution in [2.24, 2.45) is 5.92 Å². The van der Waals surface area contributed by atoms with Gasteiger partial charge in [-0.2, -0.15) is 0 Å². The summed E-state index contributed by atoms with van der Waals surface area (Å²) in [5, 5.41) is 9.68. The van der Waals surface area contributed by atoms with Crippen LogP contribution in [0.5, 0.6) is 0 Å². The van der Waals surface area contributed by atoms with E-state index >= 15 is 0 Å². The number of carboxylic acids is 1. The third-order valence-corrected chi connectivity index (χ3v) is 8.53. The lowest BCUT2D eigenvalue weighted by Gasteiger charge is -2.14. The molecule has 0 bridgehead atoms. The lowest BCUT2D eigenvalue weighted by Crippen LogP contribution is -2.16. The molecule has 2 heterocycles. The normalized spacial score (nSPS) is 11.8. The highest BCUT2D eigenvalue weighted by Crippen LogP contribution is 2.32. The van der Waals surface area contributed by atoms with E-state index < -0.39 is 5.97 Å². The summed E-state index contributed by atoms with van der Waals surface area (Å²) in [4.78, 5) is 24.4. The van der Waals surface area contributed by atoms with Gasteiger partial charge >= 0.3 is 5.97 Å². The number of hydrogen-bond acceptors (Lipinski definition) is 4. The second-order valence-corrected chi connectivity index (χ2v) is 12.9. The summed E-state index contributed by atoms with van der Waals surface area (Å²) in [5.41, 5.74) is 9.99. The number of hydrogen-bond donors (Lipinski definition) is 1. The van der Waals surface area contributed by atoms with E-state index in [1.807, 2.05) is 24.3 Å². The molecule has 0 aliphatic rings. The van der Waals surface area contributed by atoms with Gasteiger partial charge in [0.25, 0.3) is 0 Å². The third kappa shape index (κ3) is 7.04. The van der Waals surface area contributed by atoms with Crippen molar-refractivity contribution in [3.05, 3.63) is 94.6 Å². The van der Waals surface area contributed by atoms with Crippen LogP contribution in [-0.4, -0.2) is 55.7 Å². The standard InChI is InChI=1S/C38H47N5O2/c1-8-12-35-40-36-26(4)22-30(37-39-33(21-25(2)3)27(5)42(37)20-11-19-41(6)7)23-34(36)43(35)24-28-15-17-29(18-16-28)31-13-9-10-14-32(31)38(44)45/h9-10,13-18,22-23,25H,8,11-12,19-21,24H2,1-7H3,(H,44,45). The molecule has 0 spiro atoms. The molecule has 5 aromatic rings. The van der Waals surface area contributed by atoms with Gasteiger partial charge in [-0.3, -0.25) is 0 Å². The van der Waals surface area contributed by atoms with Crippen LogP contribution in [0.1, 0.15) is 72.3 Å². The predicted molar refractivity (Wildman–Crippen MR) is 184 cm³/mol. The Bertz CT molecular complexity index is 1790. The first-order valence-electron chi connectivity index (χ1n) is 16.2. The molecule has 1 N–H and O–H groups in total. The number of nitrogens with zero attached hydrogens (tertiary/aromatic N) is 5. The van der Waals surface area contributed by atoms with Gasteiger partial charge in [-0.25, -0.2) is 14.8 Å². The van der Waals surface area contributed by atoms with E-state index in [4.69, 9.17) is 9.97 Å². The number of carboxylic acid groups (broad SMARTS) is 1. The van der Waals surface area contributed by atoms with Crippen molar-refractivity contribution in [1.29, 1.82) is 0 Å². The maximum absolute atomic E-state index is 11.8. The Morgan fingerprint density at radius 1 is 0.956 bits per heavy atom. The molecule has 236 valence electrons. The van der Waals surface area contributed by atoms with Crippen LogP contribution >= 0.6 is 0 Å². The number of aromatic nitrogens is 4. The molecule has 0 saturated heterocycles. The highest BCUT2D eigenvalue weighted by atomic mass is 16.4. The molecule has 0 atom stereocenters. The first-order chi connectivity index (χ1) is 21.6. The van der Waals surface area contributed by atoms with E-state index in [0.29, 0.717) is 18.0 Å². The maximum atomic E-state index is 11.8. The van der Waals surface area contributed by atoms with Gasteiger partial charge in [0.15, 0.2) is 0 Å². The summed E-state index contributed by atoms with van der Waals surface area (Å²) in [5.74, 6) is 1.74. The Labute approximate surface area is 267 Å². The Balaban J connectivity index is 1.56. The van der Waals surface area contributed by atoms with Gasteiger partial charge in [0, 0.05) is 30.8 Å². The minimum Gasteiger partial charge on any atom is -0.478 e. The van der Waals surface area contributed by atoms with E-state index in [-0.39, 0.29) is 0 Å². The summed E-state index contributed by atoms with van der Waals surface area (Å²) in [6.45, 7) is 13.7. The van der Waals surface area contributed by atoms with Gasteiger partial charge in [0.2, 0.25) is 0 Å². The van der Waals surface area contributed by atoms with Gasteiger partial charge < -0.3 is 19.1 Å². The molecule has 5 rings (SSSR count). The highest BCUT2D eigenvalue weighted by molar-refractivity contribution is 5.96. The Hall–Kier alpha value is -4.23. The third-order valence-electron chi connectivity index (χ3n) is 8.53. The number of carbonyl (C=O) groups is 1. The smallest absolute Gasteiger partial charge is 0.336 e. The first kappa shape index (κ1) is 32.2. The van der Waals surface area contributed by atoms with Crippen LogP contribution in [0.3, 0.4) is 0 Å². The van der Waals surface area contributed by atoms with Crippen LogP contribution in [-0.2, 0) is 25.9 Å². The molecule has 45 heavy (non-hydrogen) atoms. The molecule has 0 fully saturated rings. The number of aryl methyl sites for hydroxylation is 2. The zero-order valence-corrected chi connectivity index (χ0v) is 27.9. The fraction of sp³-hybridized carbons (Fsp3) is 0.395. The second-order valence-electron chi connectivity index (χ2n) is 12.9. The Morgan fingerprint density at radius 3 is 2.36 bits per heavy atom.